The number of thiocarbonyl (C=S) groups is 1. The van der Waals surface area contributed by atoms with E-state index in [1.165, 1.54) is 4.90 Å². The third kappa shape index (κ3) is 2.56. The molecule has 1 aromatic rings. The van der Waals surface area contributed by atoms with Gasteiger partial charge in [-0.15, -0.1) is 0 Å². The molecule has 1 aromatic carbocycles. The average Bonchev–Trinajstić information content (AvgIpc) is 2.83. The highest BCUT2D eigenvalue weighted by Gasteiger charge is 2.32. The first-order valence-corrected chi connectivity index (χ1v) is 6.07. The molecule has 1 amide bonds. The molecular weight excluding hydrogens is 277 g/mol. The maximum absolute atomic E-state index is 13.1. The molecule has 1 aliphatic heterocycles. The zero-order valence-corrected chi connectivity index (χ0v) is 10.6. The second kappa shape index (κ2) is 5.16. The Morgan fingerprint density at radius 2 is 1.89 bits per heavy atom. The summed E-state index contributed by atoms with van der Waals surface area (Å²) in [5.41, 5.74) is 5.27. The molecule has 3 nitrogen and oxygen atoms in total. The third-order valence-corrected chi connectivity index (χ3v) is 3.34. The highest BCUT2D eigenvalue weighted by Crippen LogP contribution is 2.22. The Kier molecular flexibility index (Phi) is 3.75. The number of benzene rings is 1. The Labute approximate surface area is 113 Å². The number of nitrogens with zero attached hydrogens (tertiary/aromatic N) is 1. The second-order valence-electron chi connectivity index (χ2n) is 4.31. The summed E-state index contributed by atoms with van der Waals surface area (Å²) in [4.78, 5) is 13.6. The molecule has 1 fully saturated rings. The van der Waals surface area contributed by atoms with E-state index in [4.69, 9.17) is 18.0 Å². The lowest BCUT2D eigenvalue weighted by Crippen LogP contribution is -2.42. The highest BCUT2D eigenvalue weighted by molar-refractivity contribution is 7.80. The topological polar surface area (TPSA) is 46.3 Å². The quantitative estimate of drug-likeness (QED) is 0.669. The van der Waals surface area contributed by atoms with Crippen molar-refractivity contribution in [2.75, 3.05) is 6.54 Å². The molecule has 0 spiro atoms. The lowest BCUT2D eigenvalue weighted by Gasteiger charge is -2.23. The molecule has 2 N–H and O–H groups in total. The van der Waals surface area contributed by atoms with Crippen LogP contribution in [0.4, 0.5) is 13.2 Å². The van der Waals surface area contributed by atoms with Crippen molar-refractivity contribution in [3.05, 3.63) is 35.1 Å². The molecule has 0 aliphatic carbocycles. The van der Waals surface area contributed by atoms with E-state index < -0.39 is 29.4 Å². The molecule has 1 heterocycles. The van der Waals surface area contributed by atoms with Gasteiger partial charge in [-0.3, -0.25) is 4.79 Å². The molecule has 0 radical (unpaired) electrons. The van der Waals surface area contributed by atoms with Crippen molar-refractivity contribution in [1.29, 1.82) is 0 Å². The van der Waals surface area contributed by atoms with E-state index in [-0.39, 0.29) is 10.6 Å². The summed E-state index contributed by atoms with van der Waals surface area (Å²) in [6.07, 6.45) is 1.33. The van der Waals surface area contributed by atoms with Crippen LogP contribution in [0.3, 0.4) is 0 Å². The summed E-state index contributed by atoms with van der Waals surface area (Å²) < 4.78 is 39.1. The lowest BCUT2D eigenvalue weighted by atomic mass is 10.1. The van der Waals surface area contributed by atoms with Gasteiger partial charge in [0.1, 0.15) is 0 Å². The molecule has 1 saturated heterocycles. The fraction of sp³-hybridized carbons (Fsp3) is 0.333. The van der Waals surface area contributed by atoms with E-state index in [9.17, 15) is 18.0 Å². The number of halogens is 3. The molecular formula is C12H11F3N2OS. The van der Waals surface area contributed by atoms with Gasteiger partial charge in [0, 0.05) is 12.1 Å². The van der Waals surface area contributed by atoms with Crippen LogP contribution in [0.15, 0.2) is 12.1 Å². The van der Waals surface area contributed by atoms with Gasteiger partial charge in [-0.05, 0) is 25.0 Å². The molecule has 0 bridgehead atoms. The Balaban J connectivity index is 2.32. The van der Waals surface area contributed by atoms with Gasteiger partial charge in [-0.1, -0.05) is 12.2 Å². The van der Waals surface area contributed by atoms with Crippen molar-refractivity contribution in [2.45, 2.75) is 18.9 Å². The van der Waals surface area contributed by atoms with Crippen molar-refractivity contribution in [3.8, 4) is 0 Å². The number of hydrogen-bond donors (Lipinski definition) is 1. The standard InChI is InChI=1S/C12H11F3N2OS/c13-7-4-6(5-8(14)10(7)15)12(18)17-3-1-2-9(17)11(16)19/h4-5,9H,1-3H2,(H2,16,19). The summed E-state index contributed by atoms with van der Waals surface area (Å²) in [7, 11) is 0. The maximum atomic E-state index is 13.1. The summed E-state index contributed by atoms with van der Waals surface area (Å²) in [6, 6.07) is 0.935. The molecule has 1 unspecified atom stereocenters. The fourth-order valence-electron chi connectivity index (χ4n) is 2.15. The second-order valence-corrected chi connectivity index (χ2v) is 4.78. The lowest BCUT2D eigenvalue weighted by molar-refractivity contribution is 0.0769. The van der Waals surface area contributed by atoms with Crippen LogP contribution >= 0.6 is 12.2 Å². The largest absolute Gasteiger partial charge is 0.392 e. The first kappa shape index (κ1) is 13.8. The predicted octanol–water partition coefficient (Wildman–Crippen LogP) is 1.99. The summed E-state index contributed by atoms with van der Waals surface area (Å²) in [5, 5.41) is 0. The fourth-order valence-corrected chi connectivity index (χ4v) is 2.40. The molecule has 2 rings (SSSR count). The minimum absolute atomic E-state index is 0.161. The number of nitrogens with two attached hydrogens (primary N) is 1. The van der Waals surface area contributed by atoms with Crippen LogP contribution < -0.4 is 5.73 Å². The highest BCUT2D eigenvalue weighted by atomic mass is 32.1. The number of carbonyl (C=O) groups excluding carboxylic acids is 1. The first-order chi connectivity index (χ1) is 8.91. The van der Waals surface area contributed by atoms with E-state index in [2.05, 4.69) is 0 Å². The van der Waals surface area contributed by atoms with E-state index in [1.54, 1.807) is 0 Å². The van der Waals surface area contributed by atoms with Crippen molar-refractivity contribution in [1.82, 2.24) is 4.90 Å². The van der Waals surface area contributed by atoms with E-state index in [0.717, 1.165) is 0 Å². The van der Waals surface area contributed by atoms with Gasteiger partial charge in [-0.25, -0.2) is 13.2 Å². The Hall–Kier alpha value is -1.63. The van der Waals surface area contributed by atoms with E-state index in [0.29, 0.717) is 31.5 Å². The van der Waals surface area contributed by atoms with Crippen LogP contribution in [0.25, 0.3) is 0 Å². The molecule has 0 aromatic heterocycles. The Morgan fingerprint density at radius 3 is 2.42 bits per heavy atom. The van der Waals surface area contributed by atoms with Crippen LogP contribution in [0.5, 0.6) is 0 Å². The number of likely N-dealkylation sites (tertiary alicyclic amines) is 1. The van der Waals surface area contributed by atoms with Gasteiger partial charge < -0.3 is 10.6 Å². The summed E-state index contributed by atoms with van der Waals surface area (Å²) in [6.45, 7) is 0.404. The Morgan fingerprint density at radius 1 is 1.32 bits per heavy atom. The predicted molar refractivity (Wildman–Crippen MR) is 67.2 cm³/mol. The average molecular weight is 288 g/mol. The molecule has 102 valence electrons. The molecule has 1 aliphatic rings. The Bertz CT molecular complexity index is 527. The molecule has 19 heavy (non-hydrogen) atoms. The number of hydrogen-bond acceptors (Lipinski definition) is 2. The van der Waals surface area contributed by atoms with Gasteiger partial charge in [0.05, 0.1) is 11.0 Å². The van der Waals surface area contributed by atoms with Gasteiger partial charge in [0.2, 0.25) is 0 Å². The number of rotatable bonds is 2. The van der Waals surface area contributed by atoms with Crippen LogP contribution in [-0.4, -0.2) is 28.4 Å². The maximum Gasteiger partial charge on any atom is 0.254 e. The number of amides is 1. The van der Waals surface area contributed by atoms with Crippen LogP contribution in [0.1, 0.15) is 23.2 Å². The zero-order valence-electron chi connectivity index (χ0n) is 9.83. The van der Waals surface area contributed by atoms with Crippen LogP contribution in [0, 0.1) is 17.5 Å². The van der Waals surface area contributed by atoms with Crippen LogP contribution in [-0.2, 0) is 0 Å². The summed E-state index contributed by atoms with van der Waals surface area (Å²) >= 11 is 4.85. The van der Waals surface area contributed by atoms with Gasteiger partial charge >= 0.3 is 0 Å². The van der Waals surface area contributed by atoms with Crippen LogP contribution in [0.2, 0.25) is 0 Å². The van der Waals surface area contributed by atoms with E-state index in [1.807, 2.05) is 0 Å². The molecule has 1 atom stereocenters. The molecule has 7 heteroatoms. The van der Waals surface area contributed by atoms with Crippen molar-refractivity contribution in [2.24, 2.45) is 5.73 Å². The molecule has 0 saturated carbocycles. The normalized spacial score (nSPS) is 18.7. The SMILES string of the molecule is NC(=S)C1CCCN1C(=O)c1cc(F)c(F)c(F)c1. The van der Waals surface area contributed by atoms with Gasteiger partial charge in [0.25, 0.3) is 5.91 Å². The van der Waals surface area contributed by atoms with Gasteiger partial charge in [-0.2, -0.15) is 0 Å². The zero-order chi connectivity index (χ0) is 14.2. The first-order valence-electron chi connectivity index (χ1n) is 5.66. The van der Waals surface area contributed by atoms with E-state index >= 15 is 0 Å². The summed E-state index contributed by atoms with van der Waals surface area (Å²) in [5.74, 6) is -4.99. The van der Waals surface area contributed by atoms with Crippen molar-refractivity contribution >= 4 is 23.1 Å². The minimum atomic E-state index is -1.59. The number of carbonyl (C=O) groups is 1. The smallest absolute Gasteiger partial charge is 0.254 e. The van der Waals surface area contributed by atoms with Gasteiger partial charge in [0.15, 0.2) is 17.5 Å². The third-order valence-electron chi connectivity index (χ3n) is 3.07. The van der Waals surface area contributed by atoms with Crippen molar-refractivity contribution in [3.63, 3.8) is 0 Å². The van der Waals surface area contributed by atoms with Crippen molar-refractivity contribution < 1.29 is 18.0 Å². The minimum Gasteiger partial charge on any atom is -0.392 e. The monoisotopic (exact) mass is 288 g/mol.